The fourth-order valence-electron chi connectivity index (χ4n) is 3.34. The number of benzene rings is 1. The Hall–Kier alpha value is -3.69. The van der Waals surface area contributed by atoms with E-state index in [1.807, 2.05) is 0 Å². The van der Waals surface area contributed by atoms with Crippen molar-refractivity contribution in [2.75, 3.05) is 19.8 Å². The molecule has 1 fully saturated rings. The summed E-state index contributed by atoms with van der Waals surface area (Å²) in [6.07, 6.45) is 2.65. The van der Waals surface area contributed by atoms with Crippen LogP contribution >= 0.6 is 0 Å². The quantitative estimate of drug-likeness (QED) is 0.289. The van der Waals surface area contributed by atoms with Gasteiger partial charge in [0, 0.05) is 12.6 Å². The lowest BCUT2D eigenvalue weighted by Crippen LogP contribution is -2.53. The number of likely N-dealkylation sites (tertiary alicyclic amines) is 1. The molecule has 1 heterocycles. The summed E-state index contributed by atoms with van der Waals surface area (Å²) < 4.78 is 15.4. The highest BCUT2D eigenvalue weighted by Gasteiger charge is 2.42. The fraction of sp³-hybridized carbons (Fsp3) is 0.458. The Bertz CT molecular complexity index is 954. The van der Waals surface area contributed by atoms with Crippen LogP contribution in [0.4, 0.5) is 0 Å². The van der Waals surface area contributed by atoms with Crippen molar-refractivity contribution in [2.45, 2.75) is 45.8 Å². The highest BCUT2D eigenvalue weighted by molar-refractivity contribution is 6.38. The van der Waals surface area contributed by atoms with Crippen LogP contribution in [0.2, 0.25) is 0 Å². The summed E-state index contributed by atoms with van der Waals surface area (Å²) in [5.41, 5.74) is -0.705. The maximum absolute atomic E-state index is 13.0. The van der Waals surface area contributed by atoms with Gasteiger partial charge in [-0.2, -0.15) is 0 Å². The SMILES string of the molecule is C=CC(=O)OCC(C)(C)C(=O)C(=O)N1CCCCC1C(=O)OCc1cccc(OCC(=O)O)c1. The Morgan fingerprint density at radius 3 is 2.59 bits per heavy atom. The molecule has 0 spiro atoms. The van der Waals surface area contributed by atoms with Gasteiger partial charge in [-0.05, 0) is 50.8 Å². The van der Waals surface area contributed by atoms with Crippen molar-refractivity contribution in [3.8, 4) is 5.75 Å². The second kappa shape index (κ2) is 12.0. The van der Waals surface area contributed by atoms with Gasteiger partial charge in [0.1, 0.15) is 25.0 Å². The predicted octanol–water partition coefficient (Wildman–Crippen LogP) is 1.90. The number of hydrogen-bond donors (Lipinski definition) is 1. The minimum Gasteiger partial charge on any atom is -0.482 e. The molecule has 0 aliphatic carbocycles. The smallest absolute Gasteiger partial charge is 0.341 e. The van der Waals surface area contributed by atoms with E-state index in [0.717, 1.165) is 6.08 Å². The van der Waals surface area contributed by atoms with E-state index >= 15 is 0 Å². The molecule has 1 atom stereocenters. The first-order chi connectivity index (χ1) is 16.0. The maximum Gasteiger partial charge on any atom is 0.341 e. The Morgan fingerprint density at radius 1 is 1.18 bits per heavy atom. The third-order valence-corrected chi connectivity index (χ3v) is 5.23. The lowest BCUT2D eigenvalue weighted by Gasteiger charge is -2.35. The lowest BCUT2D eigenvalue weighted by atomic mass is 9.87. The van der Waals surface area contributed by atoms with Crippen molar-refractivity contribution in [1.29, 1.82) is 0 Å². The van der Waals surface area contributed by atoms with Crippen LogP contribution in [0, 0.1) is 5.41 Å². The number of hydrogen-bond acceptors (Lipinski definition) is 8. The summed E-state index contributed by atoms with van der Waals surface area (Å²) in [5, 5.41) is 8.71. The van der Waals surface area contributed by atoms with Gasteiger partial charge < -0.3 is 24.2 Å². The molecule has 0 saturated carbocycles. The third-order valence-electron chi connectivity index (χ3n) is 5.23. The molecule has 34 heavy (non-hydrogen) atoms. The first-order valence-corrected chi connectivity index (χ1v) is 10.8. The van der Waals surface area contributed by atoms with Crippen LogP contribution in [-0.4, -0.2) is 65.4 Å². The molecule has 1 amide bonds. The molecular formula is C24H29NO9. The van der Waals surface area contributed by atoms with Crippen LogP contribution < -0.4 is 4.74 Å². The summed E-state index contributed by atoms with van der Waals surface area (Å²) >= 11 is 0. The zero-order valence-corrected chi connectivity index (χ0v) is 19.3. The highest BCUT2D eigenvalue weighted by atomic mass is 16.5. The monoisotopic (exact) mass is 475 g/mol. The molecule has 1 aliphatic heterocycles. The summed E-state index contributed by atoms with van der Waals surface area (Å²) in [4.78, 5) is 61.8. The van der Waals surface area contributed by atoms with Crippen LogP contribution in [0.15, 0.2) is 36.9 Å². The number of carbonyl (C=O) groups excluding carboxylic acids is 4. The number of esters is 2. The topological polar surface area (TPSA) is 137 Å². The van der Waals surface area contributed by atoms with E-state index in [9.17, 15) is 24.0 Å². The predicted molar refractivity (Wildman–Crippen MR) is 119 cm³/mol. The summed E-state index contributed by atoms with van der Waals surface area (Å²) in [6, 6.07) is 5.53. The number of piperidine rings is 1. The average Bonchev–Trinajstić information content (AvgIpc) is 2.83. The Balaban J connectivity index is 2.02. The van der Waals surface area contributed by atoms with Crippen LogP contribution in [-0.2, 0) is 40.1 Å². The largest absolute Gasteiger partial charge is 0.482 e. The minimum absolute atomic E-state index is 0.113. The van der Waals surface area contributed by atoms with Gasteiger partial charge in [-0.25, -0.2) is 14.4 Å². The highest BCUT2D eigenvalue weighted by Crippen LogP contribution is 2.24. The third kappa shape index (κ3) is 7.43. The van der Waals surface area contributed by atoms with Gasteiger partial charge in [-0.3, -0.25) is 9.59 Å². The number of rotatable bonds is 11. The van der Waals surface area contributed by atoms with Crippen LogP contribution in [0.5, 0.6) is 5.75 Å². The van der Waals surface area contributed by atoms with E-state index < -0.39 is 47.7 Å². The van der Waals surface area contributed by atoms with E-state index in [0.29, 0.717) is 30.6 Å². The molecule has 1 unspecified atom stereocenters. The average molecular weight is 475 g/mol. The molecule has 10 heteroatoms. The fourth-order valence-corrected chi connectivity index (χ4v) is 3.34. The lowest BCUT2D eigenvalue weighted by molar-refractivity contribution is -0.162. The number of amides is 1. The number of carboxylic acids is 1. The molecule has 1 aromatic rings. The van der Waals surface area contributed by atoms with E-state index in [1.54, 1.807) is 24.3 Å². The number of ketones is 1. The number of Topliss-reactive ketones (excluding diaryl/α,β-unsaturated/α-hetero) is 1. The van der Waals surface area contributed by atoms with E-state index in [-0.39, 0.29) is 19.8 Å². The second-order valence-electron chi connectivity index (χ2n) is 8.47. The molecule has 0 radical (unpaired) electrons. The molecule has 1 saturated heterocycles. The molecule has 1 aliphatic rings. The first-order valence-electron chi connectivity index (χ1n) is 10.8. The Morgan fingerprint density at radius 2 is 1.91 bits per heavy atom. The number of ether oxygens (including phenoxy) is 3. The van der Waals surface area contributed by atoms with Crippen molar-refractivity contribution >= 4 is 29.6 Å². The number of carbonyl (C=O) groups is 5. The second-order valence-corrected chi connectivity index (χ2v) is 8.47. The summed E-state index contributed by atoms with van der Waals surface area (Å²) in [7, 11) is 0. The van der Waals surface area contributed by atoms with Gasteiger partial charge in [-0.1, -0.05) is 18.7 Å². The van der Waals surface area contributed by atoms with Crippen molar-refractivity contribution in [3.63, 3.8) is 0 Å². The molecule has 0 aromatic heterocycles. The van der Waals surface area contributed by atoms with Gasteiger partial charge >= 0.3 is 17.9 Å². The molecule has 1 N–H and O–H groups in total. The van der Waals surface area contributed by atoms with Crippen LogP contribution in [0.3, 0.4) is 0 Å². The summed E-state index contributed by atoms with van der Waals surface area (Å²) in [5.74, 6) is -3.75. The molecule has 1 aromatic carbocycles. The van der Waals surface area contributed by atoms with Crippen molar-refractivity contribution < 1.29 is 43.3 Å². The molecule has 184 valence electrons. The Kier molecular flexibility index (Phi) is 9.35. The van der Waals surface area contributed by atoms with Gasteiger partial charge in [0.15, 0.2) is 6.61 Å². The van der Waals surface area contributed by atoms with Gasteiger partial charge in [0.05, 0.1) is 5.41 Å². The maximum atomic E-state index is 13.0. The minimum atomic E-state index is -1.28. The normalized spacial score (nSPS) is 15.7. The van der Waals surface area contributed by atoms with Gasteiger partial charge in [0.2, 0.25) is 5.78 Å². The molecule has 0 bridgehead atoms. The number of carboxylic acid groups (broad SMARTS) is 1. The van der Waals surface area contributed by atoms with Crippen LogP contribution in [0.25, 0.3) is 0 Å². The van der Waals surface area contributed by atoms with E-state index in [2.05, 4.69) is 6.58 Å². The molecule has 2 rings (SSSR count). The number of aliphatic carboxylic acids is 1. The summed E-state index contributed by atoms with van der Waals surface area (Å²) in [6.45, 7) is 5.58. The van der Waals surface area contributed by atoms with Gasteiger partial charge in [-0.15, -0.1) is 0 Å². The number of nitrogens with zero attached hydrogens (tertiary/aromatic N) is 1. The van der Waals surface area contributed by atoms with E-state index in [1.165, 1.54) is 18.7 Å². The zero-order valence-electron chi connectivity index (χ0n) is 19.3. The van der Waals surface area contributed by atoms with Crippen molar-refractivity contribution in [3.05, 3.63) is 42.5 Å². The van der Waals surface area contributed by atoms with Crippen molar-refractivity contribution in [1.82, 2.24) is 4.90 Å². The van der Waals surface area contributed by atoms with Crippen molar-refractivity contribution in [2.24, 2.45) is 5.41 Å². The first kappa shape index (κ1) is 26.6. The Labute approximate surface area is 197 Å². The van der Waals surface area contributed by atoms with Crippen LogP contribution in [0.1, 0.15) is 38.7 Å². The molecular weight excluding hydrogens is 446 g/mol. The standard InChI is InChI=1S/C24H29NO9/c1-4-20(28)34-15-24(2,3)21(29)22(30)25-11-6-5-10-18(25)23(31)33-13-16-8-7-9-17(12-16)32-14-19(26)27/h4,7-9,12,18H,1,5-6,10-11,13-15H2,2-3H3,(H,26,27). The molecule has 10 nitrogen and oxygen atoms in total. The van der Waals surface area contributed by atoms with Gasteiger partial charge in [0.25, 0.3) is 5.91 Å². The van der Waals surface area contributed by atoms with E-state index in [4.69, 9.17) is 19.3 Å². The zero-order chi connectivity index (χ0) is 25.3.